The highest BCUT2D eigenvalue weighted by atomic mass is 35.5. The molecule has 0 unspecified atom stereocenters. The predicted molar refractivity (Wildman–Crippen MR) is 138 cm³/mol. The molecule has 1 saturated heterocycles. The maximum atomic E-state index is 13.0. The number of benzene rings is 2. The molecule has 5 rings (SSSR count). The monoisotopic (exact) mass is 514 g/mol. The lowest BCUT2D eigenvalue weighted by Crippen LogP contribution is -2.49. The van der Waals surface area contributed by atoms with E-state index in [1.54, 1.807) is 18.2 Å². The summed E-state index contributed by atoms with van der Waals surface area (Å²) in [5.74, 6) is 2.29. The third-order valence-electron chi connectivity index (χ3n) is 6.50. The second-order valence-corrected chi connectivity index (χ2v) is 10.2. The molecule has 0 spiro atoms. The molecule has 2 fully saturated rings. The quantitative estimate of drug-likeness (QED) is 0.407. The Hall–Kier alpha value is -2.34. The fourth-order valence-electron chi connectivity index (χ4n) is 4.38. The Morgan fingerprint density at radius 3 is 2.38 bits per heavy atom. The Kier molecular flexibility index (Phi) is 6.70. The van der Waals surface area contributed by atoms with Crippen LogP contribution in [0.5, 0.6) is 0 Å². The molecular formula is C26H25Cl3N4O. The summed E-state index contributed by atoms with van der Waals surface area (Å²) in [5, 5.41) is 1.74. The normalized spacial score (nSPS) is 16.1. The van der Waals surface area contributed by atoms with Crippen molar-refractivity contribution >= 4 is 46.5 Å². The molecule has 0 bridgehead atoms. The summed E-state index contributed by atoms with van der Waals surface area (Å²) in [4.78, 5) is 27.0. The van der Waals surface area contributed by atoms with Crippen molar-refractivity contribution in [2.45, 2.75) is 32.1 Å². The Balaban J connectivity index is 1.40. The number of hydrogen-bond donors (Lipinski definition) is 0. The predicted octanol–water partition coefficient (Wildman–Crippen LogP) is 6.18. The number of halogens is 3. The lowest BCUT2D eigenvalue weighted by molar-refractivity contribution is 0.0746. The van der Waals surface area contributed by atoms with Gasteiger partial charge in [-0.25, -0.2) is 9.97 Å². The third kappa shape index (κ3) is 4.88. The SMILES string of the molecule is Cc1nc(C2CC2)nc(N2CCN(C(=O)c3ccccc3Cl)CC2)c1Cc1ccc(Cl)cc1Cl. The molecule has 34 heavy (non-hydrogen) atoms. The number of nitrogens with zero attached hydrogens (tertiary/aromatic N) is 4. The zero-order valence-corrected chi connectivity index (χ0v) is 21.2. The Labute approximate surface area is 214 Å². The third-order valence-corrected chi connectivity index (χ3v) is 7.42. The molecule has 1 aromatic heterocycles. The van der Waals surface area contributed by atoms with Crippen molar-refractivity contribution in [3.05, 3.63) is 85.7 Å². The Bertz CT molecular complexity index is 1240. The van der Waals surface area contributed by atoms with Gasteiger partial charge in [0.2, 0.25) is 0 Å². The van der Waals surface area contributed by atoms with Crippen LogP contribution in [0.2, 0.25) is 15.1 Å². The van der Waals surface area contributed by atoms with E-state index in [0.717, 1.165) is 41.3 Å². The van der Waals surface area contributed by atoms with Crippen LogP contribution in [0.1, 0.15) is 51.8 Å². The standard InChI is InChI=1S/C26H25Cl3N4O/c1-16-21(14-18-8-9-19(27)15-23(18)29)25(31-24(30-16)17-6-7-17)32-10-12-33(13-11-32)26(34)20-4-2-3-5-22(20)28/h2-5,8-9,15,17H,6-7,10-14H2,1H3. The van der Waals surface area contributed by atoms with Crippen LogP contribution < -0.4 is 4.90 Å². The summed E-state index contributed by atoms with van der Waals surface area (Å²) in [7, 11) is 0. The number of anilines is 1. The van der Waals surface area contributed by atoms with Crippen LogP contribution in [0.4, 0.5) is 5.82 Å². The van der Waals surface area contributed by atoms with E-state index in [1.807, 2.05) is 36.1 Å². The number of amides is 1. The van der Waals surface area contributed by atoms with E-state index in [4.69, 9.17) is 44.8 Å². The van der Waals surface area contributed by atoms with Crippen LogP contribution in [0.25, 0.3) is 0 Å². The summed E-state index contributed by atoms with van der Waals surface area (Å²) >= 11 is 18.9. The van der Waals surface area contributed by atoms with Crippen molar-refractivity contribution < 1.29 is 4.79 Å². The van der Waals surface area contributed by atoms with Gasteiger partial charge in [-0.05, 0) is 49.6 Å². The first-order valence-electron chi connectivity index (χ1n) is 11.5. The van der Waals surface area contributed by atoms with Crippen molar-refractivity contribution in [1.82, 2.24) is 14.9 Å². The maximum Gasteiger partial charge on any atom is 0.255 e. The minimum atomic E-state index is -0.0315. The van der Waals surface area contributed by atoms with Gasteiger partial charge in [0.25, 0.3) is 5.91 Å². The highest BCUT2D eigenvalue weighted by Crippen LogP contribution is 2.40. The summed E-state index contributed by atoms with van der Waals surface area (Å²) in [6.07, 6.45) is 2.91. The lowest BCUT2D eigenvalue weighted by Gasteiger charge is -2.36. The molecule has 1 aliphatic carbocycles. The van der Waals surface area contributed by atoms with Crippen molar-refractivity contribution in [1.29, 1.82) is 0 Å². The fraction of sp³-hybridized carbons (Fsp3) is 0.346. The number of aromatic nitrogens is 2. The van der Waals surface area contributed by atoms with Gasteiger partial charge in [-0.1, -0.05) is 53.0 Å². The number of hydrogen-bond acceptors (Lipinski definition) is 4. The number of piperazine rings is 1. The summed E-state index contributed by atoms with van der Waals surface area (Å²) in [6, 6.07) is 12.8. The molecule has 176 valence electrons. The van der Waals surface area contributed by atoms with Gasteiger partial charge in [-0.15, -0.1) is 0 Å². The first-order chi connectivity index (χ1) is 16.4. The Morgan fingerprint density at radius 2 is 1.71 bits per heavy atom. The van der Waals surface area contributed by atoms with Crippen LogP contribution in [-0.2, 0) is 6.42 Å². The molecule has 0 N–H and O–H groups in total. The zero-order chi connectivity index (χ0) is 23.8. The molecule has 0 atom stereocenters. The lowest BCUT2D eigenvalue weighted by atomic mass is 10.0. The van der Waals surface area contributed by atoms with Gasteiger partial charge >= 0.3 is 0 Å². The molecular weight excluding hydrogens is 491 g/mol. The molecule has 1 amide bonds. The maximum absolute atomic E-state index is 13.0. The summed E-state index contributed by atoms with van der Waals surface area (Å²) in [6.45, 7) is 4.64. The first kappa shape index (κ1) is 23.4. The molecule has 0 radical (unpaired) electrons. The minimum Gasteiger partial charge on any atom is -0.353 e. The molecule has 2 heterocycles. The molecule has 1 saturated carbocycles. The van der Waals surface area contributed by atoms with Crippen LogP contribution in [0, 0.1) is 6.92 Å². The van der Waals surface area contributed by atoms with Crippen molar-refractivity contribution in [3.63, 3.8) is 0 Å². The van der Waals surface area contributed by atoms with E-state index in [0.29, 0.717) is 59.1 Å². The van der Waals surface area contributed by atoms with E-state index >= 15 is 0 Å². The number of rotatable bonds is 5. The van der Waals surface area contributed by atoms with Crippen LogP contribution >= 0.6 is 34.8 Å². The van der Waals surface area contributed by atoms with Gasteiger partial charge in [0.1, 0.15) is 11.6 Å². The van der Waals surface area contributed by atoms with Gasteiger partial charge in [0.05, 0.1) is 10.6 Å². The van der Waals surface area contributed by atoms with E-state index in [-0.39, 0.29) is 5.91 Å². The average Bonchev–Trinajstić information content (AvgIpc) is 3.67. The topological polar surface area (TPSA) is 49.3 Å². The smallest absolute Gasteiger partial charge is 0.255 e. The highest BCUT2D eigenvalue weighted by molar-refractivity contribution is 6.35. The van der Waals surface area contributed by atoms with E-state index < -0.39 is 0 Å². The molecule has 8 heteroatoms. The van der Waals surface area contributed by atoms with Gasteiger partial charge in [-0.3, -0.25) is 4.79 Å². The van der Waals surface area contributed by atoms with Gasteiger partial charge in [0, 0.05) is 59.8 Å². The number of aryl methyl sites for hydroxylation is 1. The van der Waals surface area contributed by atoms with E-state index in [2.05, 4.69) is 4.90 Å². The average molecular weight is 516 g/mol. The molecule has 5 nitrogen and oxygen atoms in total. The van der Waals surface area contributed by atoms with Gasteiger partial charge in [0.15, 0.2) is 0 Å². The molecule has 1 aliphatic heterocycles. The van der Waals surface area contributed by atoms with Crippen LogP contribution in [0.3, 0.4) is 0 Å². The number of carbonyl (C=O) groups excluding carboxylic acids is 1. The van der Waals surface area contributed by atoms with E-state index in [9.17, 15) is 4.79 Å². The minimum absolute atomic E-state index is 0.0315. The van der Waals surface area contributed by atoms with Crippen molar-refractivity contribution in [2.24, 2.45) is 0 Å². The number of carbonyl (C=O) groups is 1. The molecule has 3 aromatic rings. The van der Waals surface area contributed by atoms with Crippen LogP contribution in [-0.4, -0.2) is 47.0 Å². The first-order valence-corrected chi connectivity index (χ1v) is 12.6. The highest BCUT2D eigenvalue weighted by Gasteiger charge is 2.31. The van der Waals surface area contributed by atoms with E-state index in [1.165, 1.54) is 0 Å². The van der Waals surface area contributed by atoms with Crippen molar-refractivity contribution in [3.8, 4) is 0 Å². The van der Waals surface area contributed by atoms with Crippen LogP contribution in [0.15, 0.2) is 42.5 Å². The summed E-state index contributed by atoms with van der Waals surface area (Å²) < 4.78 is 0. The molecule has 2 aliphatic rings. The largest absolute Gasteiger partial charge is 0.353 e. The fourth-order valence-corrected chi connectivity index (χ4v) is 5.07. The van der Waals surface area contributed by atoms with Gasteiger partial charge < -0.3 is 9.80 Å². The Morgan fingerprint density at radius 1 is 0.971 bits per heavy atom. The second kappa shape index (κ2) is 9.73. The second-order valence-electron chi connectivity index (χ2n) is 8.92. The zero-order valence-electron chi connectivity index (χ0n) is 18.9. The van der Waals surface area contributed by atoms with Crippen molar-refractivity contribution in [2.75, 3.05) is 31.1 Å². The summed E-state index contributed by atoms with van der Waals surface area (Å²) in [5.41, 5.74) is 3.59. The van der Waals surface area contributed by atoms with Gasteiger partial charge in [-0.2, -0.15) is 0 Å². The molecule has 2 aromatic carbocycles.